The zero-order valence-corrected chi connectivity index (χ0v) is 16.8. The highest BCUT2D eigenvalue weighted by atomic mass is 32.2. The molecule has 140 valence electrons. The van der Waals surface area contributed by atoms with Gasteiger partial charge in [-0.1, -0.05) is 32.9 Å². The maximum atomic E-state index is 12.6. The quantitative estimate of drug-likeness (QED) is 0.663. The van der Waals surface area contributed by atoms with Gasteiger partial charge in [0.1, 0.15) is 0 Å². The summed E-state index contributed by atoms with van der Waals surface area (Å²) >= 11 is 1.63. The largest absolute Gasteiger partial charge is 0.322 e. The number of carbonyl (C=O) groups is 1. The van der Waals surface area contributed by atoms with Crippen molar-refractivity contribution in [2.75, 3.05) is 11.9 Å². The number of hydrogen-bond donors (Lipinski definition) is 2. The molecule has 0 saturated heterocycles. The molecule has 0 aromatic heterocycles. The Kier molecular flexibility index (Phi) is 7.25. The molecule has 0 aliphatic rings. The average molecular weight is 393 g/mol. The Bertz CT molecular complexity index is 847. The Labute approximate surface area is 159 Å². The highest BCUT2D eigenvalue weighted by molar-refractivity contribution is 8.00. The SMILES string of the molecule is CCCNS(=O)(=O)c1ccc(NC(=O)c2ccccc2SC(C)C)cc1. The molecule has 0 saturated carbocycles. The van der Waals surface area contributed by atoms with Crippen molar-refractivity contribution in [3.63, 3.8) is 0 Å². The Balaban J connectivity index is 2.13. The van der Waals surface area contributed by atoms with Crippen LogP contribution in [0.4, 0.5) is 5.69 Å². The highest BCUT2D eigenvalue weighted by Gasteiger charge is 2.15. The zero-order valence-electron chi connectivity index (χ0n) is 15.2. The third-order valence-electron chi connectivity index (χ3n) is 3.46. The Morgan fingerprint density at radius 3 is 2.35 bits per heavy atom. The van der Waals surface area contributed by atoms with E-state index in [0.29, 0.717) is 23.0 Å². The second-order valence-electron chi connectivity index (χ2n) is 6.04. The van der Waals surface area contributed by atoms with Crippen molar-refractivity contribution in [3.05, 3.63) is 54.1 Å². The number of rotatable bonds is 8. The minimum atomic E-state index is -3.51. The molecule has 2 N–H and O–H groups in total. The van der Waals surface area contributed by atoms with Crippen molar-refractivity contribution < 1.29 is 13.2 Å². The summed E-state index contributed by atoms with van der Waals surface area (Å²) in [6, 6.07) is 13.6. The Morgan fingerprint density at radius 1 is 1.08 bits per heavy atom. The van der Waals surface area contributed by atoms with Crippen molar-refractivity contribution >= 4 is 33.4 Å². The van der Waals surface area contributed by atoms with E-state index in [0.717, 1.165) is 11.3 Å². The van der Waals surface area contributed by atoms with Crippen molar-refractivity contribution in [1.29, 1.82) is 0 Å². The first-order valence-corrected chi connectivity index (χ1v) is 10.9. The van der Waals surface area contributed by atoms with Gasteiger partial charge in [-0.05, 0) is 42.8 Å². The van der Waals surface area contributed by atoms with Crippen LogP contribution in [0.1, 0.15) is 37.6 Å². The van der Waals surface area contributed by atoms with Gasteiger partial charge in [-0.2, -0.15) is 0 Å². The number of amides is 1. The zero-order chi connectivity index (χ0) is 19.2. The van der Waals surface area contributed by atoms with Crippen molar-refractivity contribution in [2.24, 2.45) is 0 Å². The summed E-state index contributed by atoms with van der Waals surface area (Å²) in [5.74, 6) is -0.214. The predicted molar refractivity (Wildman–Crippen MR) is 107 cm³/mol. The van der Waals surface area contributed by atoms with Gasteiger partial charge in [0.15, 0.2) is 0 Å². The summed E-state index contributed by atoms with van der Waals surface area (Å²) in [6.45, 7) is 6.44. The van der Waals surface area contributed by atoms with Crippen molar-refractivity contribution in [1.82, 2.24) is 4.72 Å². The number of sulfonamides is 1. The standard InChI is InChI=1S/C19H24N2O3S2/c1-4-13-20-26(23,24)16-11-9-15(10-12-16)21-19(22)17-7-5-6-8-18(17)25-14(2)3/h5-12,14,20H,4,13H2,1-3H3,(H,21,22). The lowest BCUT2D eigenvalue weighted by Gasteiger charge is -2.12. The molecule has 0 aliphatic heterocycles. The van der Waals surface area contributed by atoms with E-state index in [1.807, 2.05) is 25.1 Å². The third-order valence-corrected chi connectivity index (χ3v) is 6.02. The molecule has 2 aromatic carbocycles. The number of benzene rings is 2. The van der Waals surface area contributed by atoms with Gasteiger partial charge < -0.3 is 5.32 Å². The first kappa shape index (κ1) is 20.5. The lowest BCUT2D eigenvalue weighted by atomic mass is 10.2. The first-order valence-electron chi connectivity index (χ1n) is 8.50. The topological polar surface area (TPSA) is 75.3 Å². The summed E-state index contributed by atoms with van der Waals surface area (Å²) in [7, 11) is -3.51. The normalized spacial score (nSPS) is 11.5. The average Bonchev–Trinajstić information content (AvgIpc) is 2.60. The molecular weight excluding hydrogens is 368 g/mol. The first-order chi connectivity index (χ1) is 12.3. The van der Waals surface area contributed by atoms with Gasteiger partial charge in [-0.15, -0.1) is 11.8 Å². The molecule has 0 aliphatic carbocycles. The molecule has 1 amide bonds. The maximum absolute atomic E-state index is 12.6. The molecule has 0 radical (unpaired) electrons. The lowest BCUT2D eigenvalue weighted by molar-refractivity contribution is 0.102. The van der Waals surface area contributed by atoms with E-state index in [9.17, 15) is 13.2 Å². The molecule has 0 fully saturated rings. The maximum Gasteiger partial charge on any atom is 0.256 e. The molecule has 0 bridgehead atoms. The number of thioether (sulfide) groups is 1. The molecule has 0 unspecified atom stereocenters. The van der Waals surface area contributed by atoms with Gasteiger partial charge in [0.05, 0.1) is 10.5 Å². The molecule has 2 aromatic rings. The molecule has 0 atom stereocenters. The Hall–Kier alpha value is -1.83. The van der Waals surface area contributed by atoms with Crippen LogP contribution < -0.4 is 10.0 Å². The van der Waals surface area contributed by atoms with E-state index < -0.39 is 10.0 Å². The van der Waals surface area contributed by atoms with Gasteiger partial charge in [-0.25, -0.2) is 13.1 Å². The number of carbonyl (C=O) groups excluding carboxylic acids is 1. The fourth-order valence-corrected chi connectivity index (χ4v) is 4.33. The van der Waals surface area contributed by atoms with Crippen LogP contribution in [0.2, 0.25) is 0 Å². The fourth-order valence-electron chi connectivity index (χ4n) is 2.25. The van der Waals surface area contributed by atoms with Gasteiger partial charge in [0.25, 0.3) is 5.91 Å². The molecule has 0 heterocycles. The van der Waals surface area contributed by atoms with E-state index in [-0.39, 0.29) is 10.8 Å². The monoisotopic (exact) mass is 392 g/mol. The minimum absolute atomic E-state index is 0.180. The van der Waals surface area contributed by atoms with Crippen LogP contribution in [0.5, 0.6) is 0 Å². The number of nitrogens with one attached hydrogen (secondary N) is 2. The Morgan fingerprint density at radius 2 is 1.73 bits per heavy atom. The second-order valence-corrected chi connectivity index (χ2v) is 9.42. The molecule has 26 heavy (non-hydrogen) atoms. The van der Waals surface area contributed by atoms with E-state index >= 15 is 0 Å². The van der Waals surface area contributed by atoms with Crippen molar-refractivity contribution in [3.8, 4) is 0 Å². The molecule has 2 rings (SSSR count). The molecule has 7 heteroatoms. The summed E-state index contributed by atoms with van der Waals surface area (Å²) in [6.07, 6.45) is 0.723. The van der Waals surface area contributed by atoms with Gasteiger partial charge >= 0.3 is 0 Å². The molecule has 0 spiro atoms. The number of anilines is 1. The predicted octanol–water partition coefficient (Wildman–Crippen LogP) is 4.13. The number of hydrogen-bond acceptors (Lipinski definition) is 4. The fraction of sp³-hybridized carbons (Fsp3) is 0.316. The van der Waals surface area contributed by atoms with Crippen LogP contribution >= 0.6 is 11.8 Å². The molecular formula is C19H24N2O3S2. The van der Waals surface area contributed by atoms with Crippen LogP contribution in [0.15, 0.2) is 58.3 Å². The minimum Gasteiger partial charge on any atom is -0.322 e. The third kappa shape index (κ3) is 5.59. The van der Waals surface area contributed by atoms with E-state index in [4.69, 9.17) is 0 Å². The highest BCUT2D eigenvalue weighted by Crippen LogP contribution is 2.27. The lowest BCUT2D eigenvalue weighted by Crippen LogP contribution is -2.24. The van der Waals surface area contributed by atoms with Crippen molar-refractivity contribution in [2.45, 2.75) is 42.2 Å². The van der Waals surface area contributed by atoms with E-state index in [2.05, 4.69) is 23.9 Å². The van der Waals surface area contributed by atoms with Crippen LogP contribution in [-0.2, 0) is 10.0 Å². The summed E-state index contributed by atoms with van der Waals surface area (Å²) in [5, 5.41) is 3.19. The van der Waals surface area contributed by atoms with Crippen LogP contribution in [0, 0.1) is 0 Å². The molecule has 5 nitrogen and oxygen atoms in total. The van der Waals surface area contributed by atoms with E-state index in [1.54, 1.807) is 30.0 Å². The van der Waals surface area contributed by atoms with Gasteiger partial charge in [0.2, 0.25) is 10.0 Å². The van der Waals surface area contributed by atoms with Crippen LogP contribution in [0.25, 0.3) is 0 Å². The summed E-state index contributed by atoms with van der Waals surface area (Å²) in [5.41, 5.74) is 1.15. The second kappa shape index (κ2) is 9.21. The smallest absolute Gasteiger partial charge is 0.256 e. The van der Waals surface area contributed by atoms with Gasteiger partial charge in [-0.3, -0.25) is 4.79 Å². The van der Waals surface area contributed by atoms with E-state index in [1.165, 1.54) is 12.1 Å². The van der Waals surface area contributed by atoms with Crippen LogP contribution in [0.3, 0.4) is 0 Å². The summed E-state index contributed by atoms with van der Waals surface area (Å²) < 4.78 is 26.7. The van der Waals surface area contributed by atoms with Crippen LogP contribution in [-0.4, -0.2) is 26.1 Å². The summed E-state index contributed by atoms with van der Waals surface area (Å²) in [4.78, 5) is 13.7. The van der Waals surface area contributed by atoms with Gasteiger partial charge in [0, 0.05) is 22.4 Å².